The number of rotatable bonds is 1. The van der Waals surface area contributed by atoms with E-state index in [2.05, 4.69) is 0 Å². The molecule has 0 radical (unpaired) electrons. The van der Waals surface area contributed by atoms with Crippen LogP contribution in [0.25, 0.3) is 0 Å². The van der Waals surface area contributed by atoms with Crippen molar-refractivity contribution in [2.24, 2.45) is 0 Å². The maximum Gasteiger partial charge on any atom is 1.00 e. The predicted molar refractivity (Wildman–Crippen MR) is 58.0 cm³/mol. The van der Waals surface area contributed by atoms with Crippen LogP contribution in [-0.2, 0) is 72.6 Å². The molecule has 0 aliphatic carbocycles. The fourth-order valence-electron chi connectivity index (χ4n) is 0. The van der Waals surface area contributed by atoms with Crippen LogP contribution in [0.1, 0.15) is 0 Å². The molecule has 0 unspecified atom stereocenters. The second-order valence-electron chi connectivity index (χ2n) is 0.937. The van der Waals surface area contributed by atoms with E-state index in [1.165, 1.54) is 0 Å². The van der Waals surface area contributed by atoms with E-state index >= 15 is 0 Å². The van der Waals surface area contributed by atoms with Gasteiger partial charge in [-0.25, -0.2) is 0 Å². The molecule has 0 spiro atoms. The van der Waals surface area contributed by atoms with Crippen LogP contribution < -0.4 is 206 Å². The Labute approximate surface area is 276 Å². The molecule has 0 nitrogen and oxygen atoms in total. The van der Waals surface area contributed by atoms with Crippen LogP contribution >= 0.6 is 8.26 Å². The van der Waals surface area contributed by atoms with Gasteiger partial charge in [0.15, 0.2) is 0 Å². The number of hydrogen-bond donors (Lipinski definition) is 0. The maximum atomic E-state index is 4.70. The SMILES string of the molecule is S=P([S-])([S-])P(=S)([S-])[S-].[K+].[K+].[K+].[K+]. The summed E-state index contributed by atoms with van der Waals surface area (Å²) in [6.07, 6.45) is 0. The zero-order valence-electron chi connectivity index (χ0n) is 7.34. The molecule has 12 heavy (non-hydrogen) atoms. The van der Waals surface area contributed by atoms with Crippen molar-refractivity contribution in [2.75, 3.05) is 0 Å². The van der Waals surface area contributed by atoms with Crippen LogP contribution in [0.3, 0.4) is 0 Å². The second kappa shape index (κ2) is 16.6. The summed E-state index contributed by atoms with van der Waals surface area (Å²) in [6.45, 7) is 0. The Hall–Kier alpha value is 9.25. The fraction of sp³-hybridized carbons (Fsp3) is 0. The van der Waals surface area contributed by atoms with Gasteiger partial charge in [0.25, 0.3) is 0 Å². The van der Waals surface area contributed by atoms with Gasteiger partial charge in [0, 0.05) is 0 Å². The molecule has 0 amide bonds. The largest absolute Gasteiger partial charge is 1.00 e. The fourth-order valence-corrected chi connectivity index (χ4v) is 0. The molecule has 0 N–H and O–H groups in total. The normalized spacial score (nSPS) is 9.33. The van der Waals surface area contributed by atoms with Gasteiger partial charge >= 0.3 is 206 Å². The Balaban J connectivity index is -0.0000000408. The summed E-state index contributed by atoms with van der Waals surface area (Å²) >= 11 is 28.2. The first-order chi connectivity index (χ1) is 3.25. The molecule has 0 aromatic carbocycles. The first kappa shape index (κ1) is 33.0. The molecule has 0 aliphatic heterocycles. The Morgan fingerprint density at radius 3 is 0.667 bits per heavy atom. The quantitative estimate of drug-likeness (QED) is 0.238. The molecule has 0 bridgehead atoms. The van der Waals surface area contributed by atoms with Crippen LogP contribution in [0.2, 0.25) is 0 Å². The molecule has 50 valence electrons. The van der Waals surface area contributed by atoms with E-state index in [-0.39, 0.29) is 206 Å². The third kappa shape index (κ3) is 19.2. The van der Waals surface area contributed by atoms with Crippen molar-refractivity contribution < 1.29 is 206 Å². The molecule has 0 aromatic heterocycles. The first-order valence-corrected chi connectivity index (χ1v) is 11.7. The first-order valence-electron chi connectivity index (χ1n) is 1.30. The van der Waals surface area contributed by atoms with Crippen LogP contribution in [0.5, 0.6) is 0 Å². The minimum atomic E-state index is -2.29. The van der Waals surface area contributed by atoms with E-state index < -0.39 is 8.26 Å². The van der Waals surface area contributed by atoms with E-state index in [1.54, 1.807) is 0 Å². The minimum absolute atomic E-state index is 0. The molecule has 12 heteroatoms. The summed E-state index contributed by atoms with van der Waals surface area (Å²) in [5.41, 5.74) is 0. The van der Waals surface area contributed by atoms with Gasteiger partial charge in [-0.3, -0.25) is 0 Å². The van der Waals surface area contributed by atoms with Crippen molar-refractivity contribution in [3.63, 3.8) is 0 Å². The van der Waals surface area contributed by atoms with Crippen LogP contribution in [0.4, 0.5) is 0 Å². The standard InChI is InChI=1S/4K.H4P2S6/c;;;;3-1(4,5)2(6,7)8/h;;;;(H2,3,4,5)(H2,6,7,8)/q4*+1;/p-4. The summed E-state index contributed by atoms with van der Waals surface area (Å²) in [4.78, 5) is 0. The molecular formula is K4P2S6. The van der Waals surface area contributed by atoms with Crippen molar-refractivity contribution in [2.45, 2.75) is 0 Å². The average Bonchev–Trinajstić information content (AvgIpc) is 1.25. The van der Waals surface area contributed by atoms with Gasteiger partial charge in [-0.05, 0) is 0 Å². The third-order valence-corrected chi connectivity index (χ3v) is 24.3. The molecule has 0 atom stereocenters. The second-order valence-corrected chi connectivity index (χ2v) is 25.3. The van der Waals surface area contributed by atoms with Gasteiger partial charge in [-0.1, -0.05) is 0 Å². The molecule has 0 aliphatic rings. The predicted octanol–water partition coefficient (Wildman–Crippen LogP) is -10.3. The Morgan fingerprint density at radius 2 is 0.667 bits per heavy atom. The van der Waals surface area contributed by atoms with Crippen LogP contribution in [-0.4, -0.2) is 0 Å². The topological polar surface area (TPSA) is 0 Å². The van der Waals surface area contributed by atoms with Gasteiger partial charge in [0.1, 0.15) is 0 Å². The summed E-state index contributed by atoms with van der Waals surface area (Å²) in [5, 5.41) is 0. The Bertz CT molecular complexity index is 146. The molecule has 0 rings (SSSR count). The summed E-state index contributed by atoms with van der Waals surface area (Å²) in [5.74, 6) is 0. The molecule has 0 heterocycles. The van der Waals surface area contributed by atoms with Crippen LogP contribution in [0, 0.1) is 0 Å². The molecule has 0 saturated heterocycles. The molecule has 0 saturated carbocycles. The summed E-state index contributed by atoms with van der Waals surface area (Å²) < 4.78 is -4.59. The van der Waals surface area contributed by atoms with Crippen molar-refractivity contribution in [3.05, 3.63) is 0 Å². The third-order valence-electron chi connectivity index (χ3n) is 0.300. The smallest absolute Gasteiger partial charge is 0.768 e. The van der Waals surface area contributed by atoms with E-state index in [0.29, 0.717) is 0 Å². The zero-order chi connectivity index (χ0) is 7.00. The average molecular weight is 411 g/mol. The monoisotopic (exact) mass is 410 g/mol. The van der Waals surface area contributed by atoms with Gasteiger partial charge in [0.05, 0.1) is 0 Å². The Morgan fingerprint density at radius 1 is 0.583 bits per heavy atom. The van der Waals surface area contributed by atoms with E-state index in [9.17, 15) is 0 Å². The van der Waals surface area contributed by atoms with E-state index in [4.69, 9.17) is 72.6 Å². The molecule has 0 fully saturated rings. The zero-order valence-corrected chi connectivity index (χ0v) is 26.5. The molecular weight excluding hydrogens is 411 g/mol. The minimum Gasteiger partial charge on any atom is -0.768 e. The van der Waals surface area contributed by atoms with Gasteiger partial charge in [-0.2, -0.15) is 0 Å². The van der Waals surface area contributed by atoms with Crippen LogP contribution in [0.15, 0.2) is 0 Å². The van der Waals surface area contributed by atoms with Crippen molar-refractivity contribution in [3.8, 4) is 0 Å². The van der Waals surface area contributed by atoms with Gasteiger partial charge < -0.3 is 57.3 Å². The summed E-state index contributed by atoms with van der Waals surface area (Å²) in [7, 11) is 0. The summed E-state index contributed by atoms with van der Waals surface area (Å²) in [6, 6.07) is 0. The number of hydrogen-bond acceptors (Lipinski definition) is 6. The van der Waals surface area contributed by atoms with E-state index in [0.717, 1.165) is 0 Å². The van der Waals surface area contributed by atoms with Gasteiger partial charge in [-0.15, -0.1) is 23.6 Å². The maximum absolute atomic E-state index is 4.70. The van der Waals surface area contributed by atoms with Crippen molar-refractivity contribution in [1.82, 2.24) is 0 Å². The Kier molecular flexibility index (Phi) is 45.7. The van der Waals surface area contributed by atoms with Crippen molar-refractivity contribution >= 4 is 80.9 Å². The van der Waals surface area contributed by atoms with E-state index in [1.807, 2.05) is 0 Å². The van der Waals surface area contributed by atoms with Gasteiger partial charge in [0.2, 0.25) is 0 Å². The van der Waals surface area contributed by atoms with Crippen molar-refractivity contribution in [1.29, 1.82) is 0 Å². The molecule has 0 aromatic rings.